The van der Waals surface area contributed by atoms with Gasteiger partial charge in [0.05, 0.1) is 19.4 Å². The zero-order chi connectivity index (χ0) is 19.8. The Morgan fingerprint density at radius 1 is 1.25 bits per heavy atom. The maximum absolute atomic E-state index is 9.06. The lowest BCUT2D eigenvalue weighted by Crippen LogP contribution is -2.37. The van der Waals surface area contributed by atoms with E-state index in [1.807, 2.05) is 37.3 Å². The second-order valence-electron chi connectivity index (χ2n) is 6.80. The number of nitrogens with one attached hydrogen (secondary N) is 1. The number of hydrogen-bond acceptors (Lipinski definition) is 8. The second-order valence-corrected chi connectivity index (χ2v) is 6.80. The molecule has 1 saturated heterocycles. The number of aromatic nitrogens is 2. The van der Waals surface area contributed by atoms with E-state index in [1.54, 1.807) is 6.21 Å². The van der Waals surface area contributed by atoms with Crippen molar-refractivity contribution in [3.05, 3.63) is 47.2 Å². The SMILES string of the molecule is Cc1cccc(/C=N/Nc2nc(CCCB(O)O)cc(N3CCOCC3)n2)c1. The Labute approximate surface area is 165 Å². The van der Waals surface area contributed by atoms with Crippen molar-refractivity contribution in [1.29, 1.82) is 0 Å². The molecule has 3 N–H and O–H groups in total. The van der Waals surface area contributed by atoms with E-state index in [0.29, 0.717) is 38.3 Å². The highest BCUT2D eigenvalue weighted by Gasteiger charge is 2.15. The smallest absolute Gasteiger partial charge is 0.427 e. The molecule has 0 amide bonds. The molecule has 0 spiro atoms. The molecule has 0 aliphatic carbocycles. The highest BCUT2D eigenvalue weighted by Crippen LogP contribution is 2.18. The molecule has 9 heteroatoms. The van der Waals surface area contributed by atoms with Crippen LogP contribution in [0.4, 0.5) is 11.8 Å². The minimum Gasteiger partial charge on any atom is -0.427 e. The molecule has 1 fully saturated rings. The van der Waals surface area contributed by atoms with E-state index in [0.717, 1.165) is 30.2 Å². The van der Waals surface area contributed by atoms with Gasteiger partial charge in [0, 0.05) is 24.8 Å². The topological polar surface area (TPSA) is 103 Å². The fraction of sp³-hybridized carbons (Fsp3) is 0.421. The van der Waals surface area contributed by atoms with Crippen LogP contribution in [0.25, 0.3) is 0 Å². The number of aryl methyl sites for hydroxylation is 2. The first-order valence-corrected chi connectivity index (χ1v) is 9.53. The van der Waals surface area contributed by atoms with Crippen LogP contribution in [0.2, 0.25) is 6.32 Å². The fourth-order valence-electron chi connectivity index (χ4n) is 3.00. The van der Waals surface area contributed by atoms with E-state index in [4.69, 9.17) is 14.8 Å². The van der Waals surface area contributed by atoms with Crippen molar-refractivity contribution in [3.8, 4) is 0 Å². The summed E-state index contributed by atoms with van der Waals surface area (Å²) >= 11 is 0. The van der Waals surface area contributed by atoms with E-state index < -0.39 is 7.12 Å². The van der Waals surface area contributed by atoms with Gasteiger partial charge in [-0.1, -0.05) is 29.8 Å². The number of benzene rings is 1. The molecule has 28 heavy (non-hydrogen) atoms. The first-order chi connectivity index (χ1) is 13.6. The quantitative estimate of drug-likeness (QED) is 0.360. The molecule has 3 rings (SSSR count). The van der Waals surface area contributed by atoms with Gasteiger partial charge in [0.25, 0.3) is 0 Å². The molecule has 1 aliphatic heterocycles. The predicted molar refractivity (Wildman–Crippen MR) is 111 cm³/mol. The van der Waals surface area contributed by atoms with E-state index >= 15 is 0 Å². The average molecular weight is 383 g/mol. The summed E-state index contributed by atoms with van der Waals surface area (Å²) in [7, 11) is -1.29. The maximum atomic E-state index is 9.06. The molecule has 0 unspecified atom stereocenters. The molecule has 2 heterocycles. The molecule has 0 radical (unpaired) electrons. The van der Waals surface area contributed by atoms with Gasteiger partial charge in [-0.2, -0.15) is 10.1 Å². The normalized spacial score (nSPS) is 14.5. The van der Waals surface area contributed by atoms with Crippen molar-refractivity contribution in [2.45, 2.75) is 26.1 Å². The zero-order valence-corrected chi connectivity index (χ0v) is 16.1. The predicted octanol–water partition coefficient (Wildman–Crippen LogP) is 1.47. The summed E-state index contributed by atoms with van der Waals surface area (Å²) < 4.78 is 5.42. The van der Waals surface area contributed by atoms with Crippen LogP contribution >= 0.6 is 0 Å². The Morgan fingerprint density at radius 2 is 2.07 bits per heavy atom. The summed E-state index contributed by atoms with van der Waals surface area (Å²) in [6, 6.07) is 10.00. The molecule has 0 bridgehead atoms. The largest absolute Gasteiger partial charge is 0.451 e. The highest BCUT2D eigenvalue weighted by molar-refractivity contribution is 6.40. The number of anilines is 2. The third kappa shape index (κ3) is 6.30. The summed E-state index contributed by atoms with van der Waals surface area (Å²) in [5, 5.41) is 22.4. The van der Waals surface area contributed by atoms with Crippen LogP contribution in [0.5, 0.6) is 0 Å². The van der Waals surface area contributed by atoms with Gasteiger partial charge in [0.15, 0.2) is 0 Å². The standard InChI is InChI=1S/C19H26BN5O3/c1-15-4-2-5-16(12-15)14-21-24-19-22-17(6-3-7-20(26)27)13-18(23-19)25-8-10-28-11-9-25/h2,4-5,12-14,26-27H,3,6-11H2,1H3,(H,22,23,24)/b21-14+. The van der Waals surface area contributed by atoms with Crippen LogP contribution in [0.3, 0.4) is 0 Å². The van der Waals surface area contributed by atoms with Gasteiger partial charge in [-0.15, -0.1) is 0 Å². The Hall–Kier alpha value is -2.49. The van der Waals surface area contributed by atoms with Crippen molar-refractivity contribution >= 4 is 25.1 Å². The summed E-state index contributed by atoms with van der Waals surface area (Å²) in [6.07, 6.45) is 3.31. The second kappa shape index (κ2) is 10.2. The first-order valence-electron chi connectivity index (χ1n) is 9.53. The Kier molecular flexibility index (Phi) is 7.35. The summed E-state index contributed by atoms with van der Waals surface area (Å²) in [4.78, 5) is 11.3. The molecular formula is C19H26BN5O3. The third-order valence-electron chi connectivity index (χ3n) is 4.42. The fourth-order valence-corrected chi connectivity index (χ4v) is 3.00. The lowest BCUT2D eigenvalue weighted by atomic mass is 9.83. The van der Waals surface area contributed by atoms with Crippen molar-refractivity contribution in [2.24, 2.45) is 5.10 Å². The molecule has 0 atom stereocenters. The summed E-state index contributed by atoms with van der Waals surface area (Å²) in [5.74, 6) is 1.25. The monoisotopic (exact) mass is 383 g/mol. The molecule has 1 aliphatic rings. The molecule has 1 aromatic heterocycles. The number of hydrogen-bond donors (Lipinski definition) is 3. The number of nitrogens with zero attached hydrogens (tertiary/aromatic N) is 4. The van der Waals surface area contributed by atoms with Gasteiger partial charge in [-0.3, -0.25) is 0 Å². The molecule has 1 aromatic carbocycles. The van der Waals surface area contributed by atoms with Crippen LogP contribution < -0.4 is 10.3 Å². The van der Waals surface area contributed by atoms with Gasteiger partial charge in [0.1, 0.15) is 5.82 Å². The summed E-state index contributed by atoms with van der Waals surface area (Å²) in [5.41, 5.74) is 5.92. The highest BCUT2D eigenvalue weighted by atomic mass is 16.5. The minimum atomic E-state index is -1.29. The number of hydrazone groups is 1. The molecule has 148 valence electrons. The van der Waals surface area contributed by atoms with Gasteiger partial charge in [-0.25, -0.2) is 10.4 Å². The average Bonchev–Trinajstić information content (AvgIpc) is 2.68. The third-order valence-corrected chi connectivity index (χ3v) is 4.42. The van der Waals surface area contributed by atoms with E-state index in [1.165, 1.54) is 5.56 Å². The number of rotatable bonds is 8. The van der Waals surface area contributed by atoms with Crippen LogP contribution in [-0.2, 0) is 11.2 Å². The van der Waals surface area contributed by atoms with Crippen molar-refractivity contribution < 1.29 is 14.8 Å². The molecule has 8 nitrogen and oxygen atoms in total. The van der Waals surface area contributed by atoms with Gasteiger partial charge in [-0.05, 0) is 31.6 Å². The van der Waals surface area contributed by atoms with Crippen LogP contribution in [0, 0.1) is 6.92 Å². The number of morpholine rings is 1. The lowest BCUT2D eigenvalue weighted by molar-refractivity contribution is 0.122. The van der Waals surface area contributed by atoms with Crippen LogP contribution in [0.1, 0.15) is 23.2 Å². The first kappa shape index (κ1) is 20.3. The molecule has 2 aromatic rings. The van der Waals surface area contributed by atoms with Crippen LogP contribution in [0.15, 0.2) is 35.4 Å². The lowest BCUT2D eigenvalue weighted by Gasteiger charge is -2.28. The Balaban J connectivity index is 1.73. The summed E-state index contributed by atoms with van der Waals surface area (Å²) in [6.45, 7) is 4.93. The van der Waals surface area contributed by atoms with E-state index in [9.17, 15) is 0 Å². The van der Waals surface area contributed by atoms with E-state index in [2.05, 4.69) is 25.4 Å². The van der Waals surface area contributed by atoms with Crippen molar-refractivity contribution in [3.63, 3.8) is 0 Å². The number of ether oxygens (including phenoxy) is 1. The van der Waals surface area contributed by atoms with Crippen molar-refractivity contribution in [2.75, 3.05) is 36.6 Å². The van der Waals surface area contributed by atoms with Crippen LogP contribution in [-0.4, -0.2) is 59.7 Å². The minimum absolute atomic E-state index is 0.311. The van der Waals surface area contributed by atoms with Gasteiger partial charge in [0.2, 0.25) is 5.95 Å². The zero-order valence-electron chi connectivity index (χ0n) is 16.1. The van der Waals surface area contributed by atoms with Gasteiger partial charge < -0.3 is 19.7 Å². The Morgan fingerprint density at radius 3 is 2.82 bits per heavy atom. The van der Waals surface area contributed by atoms with Gasteiger partial charge >= 0.3 is 7.12 Å². The molecule has 0 saturated carbocycles. The Bertz CT molecular complexity index is 797. The van der Waals surface area contributed by atoms with E-state index in [-0.39, 0.29) is 0 Å². The molecular weight excluding hydrogens is 357 g/mol. The van der Waals surface area contributed by atoms with Crippen molar-refractivity contribution in [1.82, 2.24) is 9.97 Å². The maximum Gasteiger partial charge on any atom is 0.451 e.